The van der Waals surface area contributed by atoms with Crippen molar-refractivity contribution in [1.82, 2.24) is 24.1 Å². The highest BCUT2D eigenvalue weighted by Gasteiger charge is 2.24. The van der Waals surface area contributed by atoms with Crippen LogP contribution in [0.3, 0.4) is 0 Å². The van der Waals surface area contributed by atoms with Gasteiger partial charge < -0.3 is 10.5 Å². The molecule has 0 bridgehead atoms. The summed E-state index contributed by atoms with van der Waals surface area (Å²) in [6.07, 6.45) is 3.36. The predicted molar refractivity (Wildman–Crippen MR) is 111 cm³/mol. The number of hydrogen-bond donors (Lipinski definition) is 1. The van der Waals surface area contributed by atoms with Crippen molar-refractivity contribution in [1.29, 1.82) is 0 Å². The van der Waals surface area contributed by atoms with E-state index in [1.807, 2.05) is 20.8 Å². The van der Waals surface area contributed by atoms with Gasteiger partial charge >= 0.3 is 5.69 Å². The van der Waals surface area contributed by atoms with Crippen molar-refractivity contribution >= 4 is 34.6 Å². The molecule has 3 rings (SSSR count). The average Bonchev–Trinajstić information content (AvgIpc) is 2.94. The minimum atomic E-state index is -0.552. The zero-order valence-electron chi connectivity index (χ0n) is 16.8. The Morgan fingerprint density at radius 1 is 1.31 bits per heavy atom. The van der Waals surface area contributed by atoms with Crippen LogP contribution in [0.25, 0.3) is 11.2 Å². The highest BCUT2D eigenvalue weighted by atomic mass is 35.5. The Labute approximate surface area is 172 Å². The maximum atomic E-state index is 13.2. The van der Waals surface area contributed by atoms with Crippen molar-refractivity contribution in [3.63, 3.8) is 0 Å². The fourth-order valence-electron chi connectivity index (χ4n) is 3.31. The van der Waals surface area contributed by atoms with Gasteiger partial charge in [-0.2, -0.15) is 9.97 Å². The van der Waals surface area contributed by atoms with Crippen LogP contribution >= 0.6 is 11.6 Å². The molecule has 9 nitrogen and oxygen atoms in total. The van der Waals surface area contributed by atoms with Crippen molar-refractivity contribution in [2.24, 2.45) is 0 Å². The van der Waals surface area contributed by atoms with E-state index in [4.69, 9.17) is 22.1 Å². The number of aromatic nitrogens is 5. The summed E-state index contributed by atoms with van der Waals surface area (Å²) in [5, 5.41) is -0.0423. The summed E-state index contributed by atoms with van der Waals surface area (Å²) >= 11 is 6.24. The number of aryl methyl sites for hydroxylation is 1. The molecule has 3 heterocycles. The highest BCUT2D eigenvalue weighted by molar-refractivity contribution is 6.34. The third kappa shape index (κ3) is 3.69. The monoisotopic (exact) mass is 418 g/mol. The number of methoxy groups -OCH3 is 1. The Hall–Kier alpha value is -2.94. The number of nitrogen functional groups attached to an aromatic ring is 1. The third-order valence-corrected chi connectivity index (χ3v) is 5.06. The lowest BCUT2D eigenvalue weighted by Gasteiger charge is -2.12. The molecule has 0 unspecified atom stereocenters. The van der Waals surface area contributed by atoms with Gasteiger partial charge in [-0.3, -0.25) is 14.3 Å². The lowest BCUT2D eigenvalue weighted by atomic mass is 10.1. The van der Waals surface area contributed by atoms with Crippen LogP contribution in [0.2, 0.25) is 5.15 Å². The van der Waals surface area contributed by atoms with E-state index in [1.165, 1.54) is 4.57 Å². The number of rotatable bonds is 6. The highest BCUT2D eigenvalue weighted by Crippen LogP contribution is 2.26. The smallest absolute Gasteiger partial charge is 0.337 e. The molecule has 3 aromatic heterocycles. The SMILES string of the molecule is CCCCC(=O)n1c(=O)n(Cc2ncc(C)c(OC)c2C)c2nc(N)nc(Cl)c21. The Kier molecular flexibility index (Phi) is 5.88. The number of pyridine rings is 1. The van der Waals surface area contributed by atoms with Gasteiger partial charge in [-0.05, 0) is 20.3 Å². The number of carbonyl (C=O) groups excluding carboxylic acids is 1. The molecule has 3 aromatic rings. The van der Waals surface area contributed by atoms with Crippen LogP contribution in [0.5, 0.6) is 5.75 Å². The number of unbranched alkanes of at least 4 members (excludes halogenated alkanes) is 1. The Morgan fingerprint density at radius 3 is 2.69 bits per heavy atom. The maximum absolute atomic E-state index is 13.2. The number of imidazole rings is 1. The molecular weight excluding hydrogens is 396 g/mol. The van der Waals surface area contributed by atoms with Crippen LogP contribution in [0.15, 0.2) is 11.0 Å². The minimum Gasteiger partial charge on any atom is -0.496 e. The molecule has 0 aliphatic rings. The molecule has 10 heteroatoms. The van der Waals surface area contributed by atoms with Crippen LogP contribution in [0.1, 0.15) is 47.8 Å². The number of carbonyl (C=O) groups is 1. The standard InChI is InChI=1S/C19H23ClN6O3/c1-5-6-7-13(27)26-14-16(20)23-18(21)24-17(14)25(19(26)28)9-12-11(3)15(29-4)10(2)8-22-12/h8H,5-7,9H2,1-4H3,(H2,21,23,24). The van der Waals surface area contributed by atoms with Gasteiger partial charge in [0.2, 0.25) is 11.9 Å². The number of halogens is 1. The van der Waals surface area contributed by atoms with E-state index in [2.05, 4.69) is 15.0 Å². The van der Waals surface area contributed by atoms with Crippen LogP contribution in [-0.2, 0) is 6.54 Å². The second-order valence-electron chi connectivity index (χ2n) is 6.79. The fourth-order valence-corrected chi connectivity index (χ4v) is 3.57. The van der Waals surface area contributed by atoms with Crippen molar-refractivity contribution in [2.45, 2.75) is 46.6 Å². The number of hydrogen-bond acceptors (Lipinski definition) is 7. The minimum absolute atomic E-state index is 0.0423. The molecule has 0 aliphatic carbocycles. The summed E-state index contributed by atoms with van der Waals surface area (Å²) in [5.74, 6) is 0.251. The van der Waals surface area contributed by atoms with E-state index in [0.29, 0.717) is 17.9 Å². The average molecular weight is 419 g/mol. The molecule has 0 saturated heterocycles. The Balaban J connectivity index is 2.22. The second kappa shape index (κ2) is 8.20. The molecule has 2 N–H and O–H groups in total. The van der Waals surface area contributed by atoms with Crippen molar-refractivity contribution in [3.8, 4) is 5.75 Å². The number of anilines is 1. The normalized spacial score (nSPS) is 11.2. The molecule has 0 saturated carbocycles. The maximum Gasteiger partial charge on any atom is 0.337 e. The van der Waals surface area contributed by atoms with Crippen LogP contribution < -0.4 is 16.2 Å². The van der Waals surface area contributed by atoms with Crippen LogP contribution in [0.4, 0.5) is 5.95 Å². The number of fused-ring (bicyclic) bond motifs is 1. The van der Waals surface area contributed by atoms with E-state index in [9.17, 15) is 9.59 Å². The molecule has 0 atom stereocenters. The summed E-state index contributed by atoms with van der Waals surface area (Å²) in [4.78, 5) is 38.4. The topological polar surface area (TPSA) is 118 Å². The quantitative estimate of drug-likeness (QED) is 0.611. The van der Waals surface area contributed by atoms with Gasteiger partial charge in [0, 0.05) is 23.7 Å². The van der Waals surface area contributed by atoms with Gasteiger partial charge in [-0.25, -0.2) is 9.36 Å². The van der Waals surface area contributed by atoms with Crippen molar-refractivity contribution in [3.05, 3.63) is 38.7 Å². The largest absolute Gasteiger partial charge is 0.496 e. The molecule has 0 aliphatic heterocycles. The molecule has 0 amide bonds. The van der Waals surface area contributed by atoms with E-state index in [-0.39, 0.29) is 41.1 Å². The van der Waals surface area contributed by atoms with Gasteiger partial charge in [0.25, 0.3) is 0 Å². The first kappa shape index (κ1) is 20.8. The van der Waals surface area contributed by atoms with E-state index in [1.54, 1.807) is 13.3 Å². The van der Waals surface area contributed by atoms with Crippen LogP contribution in [0, 0.1) is 13.8 Å². The zero-order chi connectivity index (χ0) is 21.3. The second-order valence-corrected chi connectivity index (χ2v) is 7.15. The molecule has 0 fully saturated rings. The summed E-state index contributed by atoms with van der Waals surface area (Å²) in [7, 11) is 1.58. The van der Waals surface area contributed by atoms with Gasteiger partial charge in [-0.15, -0.1) is 0 Å². The van der Waals surface area contributed by atoms with Gasteiger partial charge in [0.05, 0.1) is 19.3 Å². The fraction of sp³-hybridized carbons (Fsp3) is 0.421. The third-order valence-electron chi connectivity index (χ3n) is 4.79. The molecule has 154 valence electrons. The van der Waals surface area contributed by atoms with Crippen molar-refractivity contribution < 1.29 is 9.53 Å². The zero-order valence-corrected chi connectivity index (χ0v) is 17.6. The first-order valence-corrected chi connectivity index (χ1v) is 9.64. The summed E-state index contributed by atoms with van der Waals surface area (Å²) in [6.45, 7) is 5.80. The lowest BCUT2D eigenvalue weighted by Crippen LogP contribution is -2.29. The molecule has 0 aromatic carbocycles. The molecule has 0 radical (unpaired) electrons. The molecule has 0 spiro atoms. The van der Waals surface area contributed by atoms with E-state index in [0.717, 1.165) is 22.1 Å². The predicted octanol–water partition coefficient (Wildman–Crippen LogP) is 2.73. The van der Waals surface area contributed by atoms with Gasteiger partial charge in [0.1, 0.15) is 11.3 Å². The van der Waals surface area contributed by atoms with Gasteiger partial charge in [0.15, 0.2) is 10.8 Å². The number of nitrogens with two attached hydrogens (primary N) is 1. The van der Waals surface area contributed by atoms with Gasteiger partial charge in [-0.1, -0.05) is 24.9 Å². The molecule has 29 heavy (non-hydrogen) atoms. The first-order chi connectivity index (χ1) is 13.8. The Bertz CT molecular complexity index is 1150. The first-order valence-electron chi connectivity index (χ1n) is 9.26. The summed E-state index contributed by atoms with van der Waals surface area (Å²) in [6, 6.07) is 0. The Morgan fingerprint density at radius 2 is 2.03 bits per heavy atom. The summed E-state index contributed by atoms with van der Waals surface area (Å²) < 4.78 is 7.82. The lowest BCUT2D eigenvalue weighted by molar-refractivity contribution is 0.0899. The van der Waals surface area contributed by atoms with E-state index >= 15 is 0 Å². The van der Waals surface area contributed by atoms with Crippen molar-refractivity contribution in [2.75, 3.05) is 12.8 Å². The molecular formula is C19H23ClN6O3. The number of ether oxygens (including phenoxy) is 1. The van der Waals surface area contributed by atoms with Crippen LogP contribution in [-0.4, -0.2) is 37.1 Å². The van der Waals surface area contributed by atoms with E-state index < -0.39 is 5.69 Å². The summed E-state index contributed by atoms with van der Waals surface area (Å²) in [5.41, 5.74) is 7.84. The number of nitrogens with zero attached hydrogens (tertiary/aromatic N) is 5.